The molecule has 1 aromatic rings. The standard InChI is InChI=1S/C13H18N4OS/c1-8-5-6-9(12(14)18)7-17(8)11-4-2-3-10(16-11)13(15)19/h2-4,8-9H,5-7H2,1H3,(H2,14,18)(H2,15,19). The van der Waals surface area contributed by atoms with Gasteiger partial charge in [0.15, 0.2) is 0 Å². The summed E-state index contributed by atoms with van der Waals surface area (Å²) in [5.41, 5.74) is 11.6. The maximum Gasteiger partial charge on any atom is 0.222 e. The number of aromatic nitrogens is 1. The van der Waals surface area contributed by atoms with E-state index in [-0.39, 0.29) is 16.8 Å². The minimum absolute atomic E-state index is 0.119. The van der Waals surface area contributed by atoms with Crippen LogP contribution >= 0.6 is 12.2 Å². The number of rotatable bonds is 3. The molecule has 0 aromatic carbocycles. The second-order valence-electron chi connectivity index (χ2n) is 4.92. The van der Waals surface area contributed by atoms with Gasteiger partial charge in [0.1, 0.15) is 10.8 Å². The van der Waals surface area contributed by atoms with Crippen LogP contribution in [0.1, 0.15) is 25.5 Å². The van der Waals surface area contributed by atoms with E-state index in [2.05, 4.69) is 16.8 Å². The zero-order chi connectivity index (χ0) is 14.0. The number of thiocarbonyl (C=S) groups is 1. The minimum atomic E-state index is -0.248. The number of nitrogens with zero attached hydrogens (tertiary/aromatic N) is 2. The number of hydrogen-bond donors (Lipinski definition) is 2. The van der Waals surface area contributed by atoms with Crippen LogP contribution in [0.2, 0.25) is 0 Å². The summed E-state index contributed by atoms with van der Waals surface area (Å²) >= 11 is 4.94. The lowest BCUT2D eigenvalue weighted by Gasteiger charge is -2.37. The molecular formula is C13H18N4OS. The molecule has 1 aliphatic heterocycles. The van der Waals surface area contributed by atoms with Crippen molar-refractivity contribution in [1.29, 1.82) is 0 Å². The van der Waals surface area contributed by atoms with Gasteiger partial charge in [-0.2, -0.15) is 0 Å². The van der Waals surface area contributed by atoms with E-state index in [0.29, 0.717) is 18.3 Å². The van der Waals surface area contributed by atoms with Gasteiger partial charge in [-0.3, -0.25) is 4.79 Å². The molecule has 102 valence electrons. The first-order valence-corrected chi connectivity index (χ1v) is 6.72. The van der Waals surface area contributed by atoms with Gasteiger partial charge >= 0.3 is 0 Å². The normalized spacial score (nSPS) is 23.1. The van der Waals surface area contributed by atoms with Gasteiger partial charge in [0.05, 0.1) is 11.6 Å². The highest BCUT2D eigenvalue weighted by Crippen LogP contribution is 2.26. The van der Waals surface area contributed by atoms with Gasteiger partial charge in [-0.1, -0.05) is 18.3 Å². The van der Waals surface area contributed by atoms with Gasteiger partial charge in [-0.25, -0.2) is 4.98 Å². The van der Waals surface area contributed by atoms with Gasteiger partial charge in [-0.05, 0) is 31.9 Å². The molecule has 5 nitrogen and oxygen atoms in total. The highest BCUT2D eigenvalue weighted by Gasteiger charge is 2.29. The number of piperidine rings is 1. The fourth-order valence-corrected chi connectivity index (χ4v) is 2.49. The van der Waals surface area contributed by atoms with Crippen LogP contribution in [0.4, 0.5) is 5.82 Å². The molecule has 2 unspecified atom stereocenters. The average Bonchev–Trinajstić information content (AvgIpc) is 2.39. The number of primary amides is 1. The Morgan fingerprint density at radius 2 is 2.16 bits per heavy atom. The molecule has 1 aliphatic rings. The third-order valence-electron chi connectivity index (χ3n) is 3.57. The van der Waals surface area contributed by atoms with Gasteiger partial charge in [0.25, 0.3) is 0 Å². The maximum atomic E-state index is 11.3. The first-order chi connectivity index (χ1) is 8.99. The molecular weight excluding hydrogens is 260 g/mol. The molecule has 2 rings (SSSR count). The lowest BCUT2D eigenvalue weighted by molar-refractivity contribution is -0.122. The summed E-state index contributed by atoms with van der Waals surface area (Å²) in [7, 11) is 0. The summed E-state index contributed by atoms with van der Waals surface area (Å²) in [5.74, 6) is 0.428. The van der Waals surface area contributed by atoms with Crippen LogP contribution in [0.5, 0.6) is 0 Å². The summed E-state index contributed by atoms with van der Waals surface area (Å²) in [5, 5.41) is 0. The van der Waals surface area contributed by atoms with Crippen LogP contribution in [0, 0.1) is 5.92 Å². The molecule has 0 saturated carbocycles. The number of hydrogen-bond acceptors (Lipinski definition) is 4. The Balaban J connectivity index is 2.25. The molecule has 1 saturated heterocycles. The van der Waals surface area contributed by atoms with Crippen molar-refractivity contribution in [1.82, 2.24) is 4.98 Å². The van der Waals surface area contributed by atoms with Crippen molar-refractivity contribution >= 4 is 28.9 Å². The van der Waals surface area contributed by atoms with Crippen LogP contribution in [0.15, 0.2) is 18.2 Å². The maximum absolute atomic E-state index is 11.3. The lowest BCUT2D eigenvalue weighted by Crippen LogP contribution is -2.46. The smallest absolute Gasteiger partial charge is 0.222 e. The Bertz CT molecular complexity index is 505. The molecule has 4 N–H and O–H groups in total. The number of carbonyl (C=O) groups excluding carboxylic acids is 1. The van der Waals surface area contributed by atoms with Crippen molar-refractivity contribution in [3.05, 3.63) is 23.9 Å². The average molecular weight is 278 g/mol. The van der Waals surface area contributed by atoms with E-state index < -0.39 is 0 Å². The second-order valence-corrected chi connectivity index (χ2v) is 5.36. The van der Waals surface area contributed by atoms with E-state index in [9.17, 15) is 4.79 Å². The predicted molar refractivity (Wildman–Crippen MR) is 78.9 cm³/mol. The molecule has 2 atom stereocenters. The van der Waals surface area contributed by atoms with Crippen LogP contribution in [0.25, 0.3) is 0 Å². The Morgan fingerprint density at radius 1 is 1.42 bits per heavy atom. The highest BCUT2D eigenvalue weighted by atomic mass is 32.1. The molecule has 2 heterocycles. The summed E-state index contributed by atoms with van der Waals surface area (Å²) in [6.45, 7) is 2.72. The van der Waals surface area contributed by atoms with E-state index in [0.717, 1.165) is 18.7 Å². The molecule has 1 fully saturated rings. The van der Waals surface area contributed by atoms with Crippen molar-refractivity contribution in [3.63, 3.8) is 0 Å². The molecule has 6 heteroatoms. The molecule has 0 radical (unpaired) electrons. The van der Waals surface area contributed by atoms with E-state index in [1.54, 1.807) is 6.07 Å². The summed E-state index contributed by atoms with van der Waals surface area (Å²) < 4.78 is 0. The fraction of sp³-hybridized carbons (Fsp3) is 0.462. The van der Waals surface area contributed by atoms with Crippen molar-refractivity contribution in [2.75, 3.05) is 11.4 Å². The van der Waals surface area contributed by atoms with E-state index in [4.69, 9.17) is 23.7 Å². The van der Waals surface area contributed by atoms with Gasteiger partial charge in [0.2, 0.25) is 5.91 Å². The highest BCUT2D eigenvalue weighted by molar-refractivity contribution is 7.80. The number of carbonyl (C=O) groups is 1. The third kappa shape index (κ3) is 3.01. The Morgan fingerprint density at radius 3 is 2.79 bits per heavy atom. The van der Waals surface area contributed by atoms with Crippen LogP contribution in [0.3, 0.4) is 0 Å². The number of pyridine rings is 1. The summed E-state index contributed by atoms with van der Waals surface area (Å²) in [6.07, 6.45) is 1.76. The Kier molecular flexibility index (Phi) is 3.99. The Hall–Kier alpha value is -1.69. The van der Waals surface area contributed by atoms with Crippen LogP contribution in [-0.4, -0.2) is 28.5 Å². The third-order valence-corrected chi connectivity index (χ3v) is 3.77. The van der Waals surface area contributed by atoms with E-state index in [1.165, 1.54) is 0 Å². The van der Waals surface area contributed by atoms with Crippen LogP contribution in [-0.2, 0) is 4.79 Å². The molecule has 0 spiro atoms. The zero-order valence-corrected chi connectivity index (χ0v) is 11.7. The monoisotopic (exact) mass is 278 g/mol. The van der Waals surface area contributed by atoms with E-state index >= 15 is 0 Å². The summed E-state index contributed by atoms with van der Waals surface area (Å²) in [6, 6.07) is 5.88. The molecule has 0 bridgehead atoms. The Labute approximate surface area is 118 Å². The minimum Gasteiger partial charge on any atom is -0.388 e. The first kappa shape index (κ1) is 13.7. The number of nitrogens with two attached hydrogens (primary N) is 2. The molecule has 19 heavy (non-hydrogen) atoms. The largest absolute Gasteiger partial charge is 0.388 e. The summed E-state index contributed by atoms with van der Waals surface area (Å²) in [4.78, 5) is 18.2. The first-order valence-electron chi connectivity index (χ1n) is 6.32. The van der Waals surface area contributed by atoms with Crippen molar-refractivity contribution < 1.29 is 4.79 Å². The van der Waals surface area contributed by atoms with Crippen molar-refractivity contribution in [3.8, 4) is 0 Å². The molecule has 1 amide bonds. The molecule has 0 aliphatic carbocycles. The van der Waals surface area contributed by atoms with E-state index in [1.807, 2.05) is 12.1 Å². The quantitative estimate of drug-likeness (QED) is 0.799. The van der Waals surface area contributed by atoms with Crippen molar-refractivity contribution in [2.45, 2.75) is 25.8 Å². The van der Waals surface area contributed by atoms with Gasteiger partial charge < -0.3 is 16.4 Å². The van der Waals surface area contributed by atoms with Gasteiger partial charge in [-0.15, -0.1) is 0 Å². The topological polar surface area (TPSA) is 85.2 Å². The molecule has 1 aromatic heterocycles. The zero-order valence-electron chi connectivity index (χ0n) is 10.9. The van der Waals surface area contributed by atoms with Gasteiger partial charge in [0, 0.05) is 12.6 Å². The second kappa shape index (κ2) is 5.52. The lowest BCUT2D eigenvalue weighted by atomic mass is 9.93. The SMILES string of the molecule is CC1CCC(C(N)=O)CN1c1cccc(C(N)=S)n1. The van der Waals surface area contributed by atoms with Crippen LogP contribution < -0.4 is 16.4 Å². The predicted octanol–water partition coefficient (Wildman–Crippen LogP) is 0.806. The number of anilines is 1. The van der Waals surface area contributed by atoms with Crippen molar-refractivity contribution in [2.24, 2.45) is 17.4 Å². The number of amides is 1. The fourth-order valence-electron chi connectivity index (χ4n) is 2.38.